The Morgan fingerprint density at radius 2 is 2.08 bits per heavy atom. The van der Waals surface area contributed by atoms with Crippen LogP contribution >= 0.6 is 0 Å². The van der Waals surface area contributed by atoms with E-state index in [0.717, 1.165) is 30.6 Å². The van der Waals surface area contributed by atoms with Crippen molar-refractivity contribution in [2.45, 2.75) is 37.6 Å². The van der Waals surface area contributed by atoms with Crippen molar-refractivity contribution in [3.05, 3.63) is 29.8 Å². The van der Waals surface area contributed by atoms with Crippen LogP contribution in [-0.4, -0.2) is 54.8 Å². The third-order valence-electron chi connectivity index (χ3n) is 5.11. The monoisotopic (exact) mass is 347 g/mol. The summed E-state index contributed by atoms with van der Waals surface area (Å²) in [7, 11) is 1.63. The van der Waals surface area contributed by atoms with Gasteiger partial charge in [0.05, 0.1) is 13.5 Å². The Kier molecular flexibility index (Phi) is 5.58. The van der Waals surface area contributed by atoms with Crippen molar-refractivity contribution in [1.82, 2.24) is 4.90 Å². The Labute approximate surface area is 147 Å². The number of benzene rings is 1. The lowest BCUT2D eigenvalue weighted by Gasteiger charge is -2.34. The van der Waals surface area contributed by atoms with Crippen molar-refractivity contribution in [3.8, 4) is 5.75 Å². The van der Waals surface area contributed by atoms with Crippen molar-refractivity contribution < 1.29 is 24.2 Å². The molecular weight excluding hydrogens is 322 g/mol. The van der Waals surface area contributed by atoms with Gasteiger partial charge in [-0.25, -0.2) is 0 Å². The van der Waals surface area contributed by atoms with Gasteiger partial charge in [0, 0.05) is 31.7 Å². The zero-order chi connectivity index (χ0) is 17.8. The molecule has 25 heavy (non-hydrogen) atoms. The van der Waals surface area contributed by atoms with Crippen LogP contribution in [0.2, 0.25) is 0 Å². The maximum atomic E-state index is 13.0. The van der Waals surface area contributed by atoms with Gasteiger partial charge in [-0.2, -0.15) is 0 Å². The largest absolute Gasteiger partial charge is 0.497 e. The predicted octanol–water partition coefficient (Wildman–Crippen LogP) is 2.28. The number of methoxy groups -OCH3 is 1. The molecule has 2 aliphatic rings. The van der Waals surface area contributed by atoms with Crippen LogP contribution in [0.25, 0.3) is 0 Å². The highest BCUT2D eigenvalue weighted by Gasteiger charge is 2.47. The second-order valence-corrected chi connectivity index (χ2v) is 6.74. The lowest BCUT2D eigenvalue weighted by Crippen LogP contribution is -2.45. The van der Waals surface area contributed by atoms with E-state index < -0.39 is 5.97 Å². The number of nitrogens with zero attached hydrogens (tertiary/aromatic N) is 1. The van der Waals surface area contributed by atoms with Gasteiger partial charge in [0.15, 0.2) is 0 Å². The van der Waals surface area contributed by atoms with Gasteiger partial charge >= 0.3 is 5.97 Å². The van der Waals surface area contributed by atoms with Crippen LogP contribution < -0.4 is 4.74 Å². The summed E-state index contributed by atoms with van der Waals surface area (Å²) in [6, 6.07) is 7.93. The second-order valence-electron chi connectivity index (χ2n) is 6.74. The number of hydrogen-bond acceptors (Lipinski definition) is 4. The number of carbonyl (C=O) groups excluding carboxylic acids is 1. The van der Waals surface area contributed by atoms with E-state index in [-0.39, 0.29) is 36.8 Å². The molecule has 2 atom stereocenters. The van der Waals surface area contributed by atoms with Gasteiger partial charge in [-0.3, -0.25) is 9.59 Å². The molecule has 1 aliphatic heterocycles. The zero-order valence-corrected chi connectivity index (χ0v) is 14.5. The lowest BCUT2D eigenvalue weighted by atomic mass is 10.0. The molecule has 6 heteroatoms. The molecule has 0 bridgehead atoms. The first-order chi connectivity index (χ1) is 12.1. The first kappa shape index (κ1) is 17.7. The molecule has 1 aliphatic carbocycles. The fourth-order valence-corrected chi connectivity index (χ4v) is 3.61. The average Bonchev–Trinajstić information content (AvgIpc) is 3.43. The normalized spacial score (nSPS) is 23.1. The van der Waals surface area contributed by atoms with Crippen molar-refractivity contribution >= 4 is 11.9 Å². The Balaban J connectivity index is 1.68. The van der Waals surface area contributed by atoms with Crippen LogP contribution in [0.1, 0.15) is 37.2 Å². The molecule has 1 heterocycles. The van der Waals surface area contributed by atoms with Gasteiger partial charge in [-0.05, 0) is 42.9 Å². The number of hydrogen-bond donors (Lipinski definition) is 1. The quantitative estimate of drug-likeness (QED) is 0.819. The molecular formula is C19H25NO5. The van der Waals surface area contributed by atoms with Crippen molar-refractivity contribution in [1.29, 1.82) is 0 Å². The van der Waals surface area contributed by atoms with E-state index in [1.807, 2.05) is 24.3 Å². The van der Waals surface area contributed by atoms with Crippen LogP contribution in [-0.2, 0) is 14.3 Å². The molecule has 0 radical (unpaired) electrons. The Hall–Kier alpha value is -2.08. The summed E-state index contributed by atoms with van der Waals surface area (Å²) in [6.45, 7) is 1.54. The molecule has 6 nitrogen and oxygen atoms in total. The summed E-state index contributed by atoms with van der Waals surface area (Å²) in [6.07, 6.45) is 2.36. The lowest BCUT2D eigenvalue weighted by molar-refractivity contribution is -0.141. The number of ether oxygens (including phenoxy) is 2. The van der Waals surface area contributed by atoms with E-state index in [0.29, 0.717) is 13.2 Å². The summed E-state index contributed by atoms with van der Waals surface area (Å²) < 4.78 is 10.6. The topological polar surface area (TPSA) is 76.1 Å². The van der Waals surface area contributed by atoms with E-state index in [2.05, 4.69) is 0 Å². The number of carbonyl (C=O) groups is 2. The molecule has 1 aromatic rings. The van der Waals surface area contributed by atoms with Crippen LogP contribution in [0.15, 0.2) is 24.3 Å². The van der Waals surface area contributed by atoms with E-state index in [9.17, 15) is 9.59 Å². The van der Waals surface area contributed by atoms with Crippen LogP contribution in [0.3, 0.4) is 0 Å². The standard InChI is InChI=1S/C19H25NO5/c1-24-15-4-2-3-13(11-15)16-12-17(16)19(23)20(8-5-18(21)22)14-6-9-25-10-7-14/h2-4,11,14,16-17H,5-10,12H2,1H3,(H,21,22)/t16-,17-/m1/s1. The molecule has 3 rings (SSSR count). The first-order valence-electron chi connectivity index (χ1n) is 8.84. The van der Waals surface area contributed by atoms with Gasteiger partial charge in [-0.1, -0.05) is 12.1 Å². The summed E-state index contributed by atoms with van der Waals surface area (Å²) in [5.74, 6) is 0.159. The van der Waals surface area contributed by atoms with Gasteiger partial charge in [0.1, 0.15) is 5.75 Å². The summed E-state index contributed by atoms with van der Waals surface area (Å²) in [5, 5.41) is 9.01. The minimum absolute atomic E-state index is 0.0142. The summed E-state index contributed by atoms with van der Waals surface area (Å²) in [5.41, 5.74) is 1.11. The van der Waals surface area contributed by atoms with E-state index >= 15 is 0 Å². The minimum atomic E-state index is -0.870. The Bertz CT molecular complexity index is 626. The van der Waals surface area contributed by atoms with E-state index in [1.165, 1.54) is 0 Å². The van der Waals surface area contributed by atoms with Crippen molar-refractivity contribution in [2.75, 3.05) is 26.9 Å². The molecule has 0 aromatic heterocycles. The molecule has 2 fully saturated rings. The number of carboxylic acid groups (broad SMARTS) is 1. The second kappa shape index (κ2) is 7.87. The van der Waals surface area contributed by atoms with Gasteiger partial charge in [-0.15, -0.1) is 0 Å². The maximum Gasteiger partial charge on any atom is 0.305 e. The third kappa shape index (κ3) is 4.31. The van der Waals surface area contributed by atoms with E-state index in [1.54, 1.807) is 12.0 Å². The highest BCUT2D eigenvalue weighted by Crippen LogP contribution is 2.49. The number of amides is 1. The molecule has 136 valence electrons. The van der Waals surface area contributed by atoms with Crippen molar-refractivity contribution in [3.63, 3.8) is 0 Å². The number of rotatable bonds is 7. The molecule has 1 amide bonds. The number of carboxylic acids is 1. The Morgan fingerprint density at radius 1 is 1.32 bits per heavy atom. The van der Waals surface area contributed by atoms with Gasteiger partial charge in [0.25, 0.3) is 0 Å². The number of aliphatic carboxylic acids is 1. The SMILES string of the molecule is COc1cccc([C@H]2C[C@H]2C(=O)N(CCC(=O)O)C2CCOCC2)c1. The zero-order valence-electron chi connectivity index (χ0n) is 14.5. The molecule has 1 saturated heterocycles. The first-order valence-corrected chi connectivity index (χ1v) is 8.84. The smallest absolute Gasteiger partial charge is 0.305 e. The fraction of sp³-hybridized carbons (Fsp3) is 0.579. The maximum absolute atomic E-state index is 13.0. The third-order valence-corrected chi connectivity index (χ3v) is 5.11. The molecule has 0 unspecified atom stereocenters. The van der Waals surface area contributed by atoms with Crippen molar-refractivity contribution in [2.24, 2.45) is 5.92 Å². The van der Waals surface area contributed by atoms with E-state index in [4.69, 9.17) is 14.6 Å². The molecule has 0 spiro atoms. The average molecular weight is 347 g/mol. The van der Waals surface area contributed by atoms with Crippen LogP contribution in [0.4, 0.5) is 0 Å². The molecule has 1 saturated carbocycles. The molecule has 1 aromatic carbocycles. The predicted molar refractivity (Wildman–Crippen MR) is 91.6 cm³/mol. The summed E-state index contributed by atoms with van der Waals surface area (Å²) >= 11 is 0. The fourth-order valence-electron chi connectivity index (χ4n) is 3.61. The highest BCUT2D eigenvalue weighted by atomic mass is 16.5. The van der Waals surface area contributed by atoms with Crippen LogP contribution in [0.5, 0.6) is 5.75 Å². The summed E-state index contributed by atoms with van der Waals surface area (Å²) in [4.78, 5) is 25.8. The van der Waals surface area contributed by atoms with Gasteiger partial charge in [0.2, 0.25) is 5.91 Å². The van der Waals surface area contributed by atoms with Gasteiger partial charge < -0.3 is 19.5 Å². The Morgan fingerprint density at radius 3 is 2.76 bits per heavy atom. The highest BCUT2D eigenvalue weighted by molar-refractivity contribution is 5.83. The molecule has 1 N–H and O–H groups in total. The van der Waals surface area contributed by atoms with Crippen LogP contribution in [0, 0.1) is 5.92 Å². The minimum Gasteiger partial charge on any atom is -0.497 e.